The highest BCUT2D eigenvalue weighted by Crippen LogP contribution is 2.29. The van der Waals surface area contributed by atoms with Crippen molar-refractivity contribution in [2.45, 2.75) is 39.0 Å². The second-order valence-corrected chi connectivity index (χ2v) is 4.83. The molecule has 16 heavy (non-hydrogen) atoms. The molecule has 2 rings (SSSR count). The van der Waals surface area contributed by atoms with Crippen LogP contribution >= 0.6 is 0 Å². The molecule has 0 radical (unpaired) electrons. The molecule has 1 aliphatic rings. The van der Waals surface area contributed by atoms with E-state index in [0.717, 1.165) is 5.92 Å². The lowest BCUT2D eigenvalue weighted by Gasteiger charge is -2.06. The van der Waals surface area contributed by atoms with Crippen LogP contribution < -0.4 is 0 Å². The number of benzene rings is 1. The highest BCUT2D eigenvalue weighted by molar-refractivity contribution is 5.48. The molecule has 0 nitrogen and oxygen atoms in total. The van der Waals surface area contributed by atoms with E-state index in [-0.39, 0.29) is 0 Å². The highest BCUT2D eigenvalue weighted by atomic mass is 14.2. The maximum atomic E-state index is 3.42. The summed E-state index contributed by atoms with van der Waals surface area (Å²) >= 11 is 0. The molecule has 0 atom stereocenters. The molecule has 0 heteroatoms. The summed E-state index contributed by atoms with van der Waals surface area (Å²) in [7, 11) is 0. The van der Waals surface area contributed by atoms with Crippen LogP contribution in [0, 0.1) is 5.92 Å². The first-order chi connectivity index (χ1) is 7.84. The van der Waals surface area contributed by atoms with Gasteiger partial charge in [-0.15, -0.1) is 5.73 Å². The van der Waals surface area contributed by atoms with E-state index in [1.807, 2.05) is 6.07 Å². The fourth-order valence-electron chi connectivity index (χ4n) is 2.46. The van der Waals surface area contributed by atoms with Gasteiger partial charge in [-0.2, -0.15) is 0 Å². The van der Waals surface area contributed by atoms with Crippen molar-refractivity contribution in [1.29, 1.82) is 0 Å². The van der Waals surface area contributed by atoms with Crippen molar-refractivity contribution in [2.24, 2.45) is 5.92 Å². The Kier molecular flexibility index (Phi) is 4.02. The van der Waals surface area contributed by atoms with Crippen molar-refractivity contribution >= 4 is 6.08 Å². The third-order valence-corrected chi connectivity index (χ3v) is 3.35. The second-order valence-electron chi connectivity index (χ2n) is 4.83. The highest BCUT2D eigenvalue weighted by Gasteiger charge is 2.14. The molecule has 0 unspecified atom stereocenters. The zero-order chi connectivity index (χ0) is 11.2. The molecule has 0 N–H and O–H groups in total. The van der Waals surface area contributed by atoms with Gasteiger partial charge in [0.2, 0.25) is 0 Å². The Hall–Kier alpha value is -1.26. The van der Waals surface area contributed by atoms with Gasteiger partial charge < -0.3 is 0 Å². The van der Waals surface area contributed by atoms with Crippen LogP contribution in [0.4, 0.5) is 0 Å². The van der Waals surface area contributed by atoms with Crippen LogP contribution in [0.5, 0.6) is 0 Å². The second kappa shape index (κ2) is 5.72. The molecule has 1 fully saturated rings. The van der Waals surface area contributed by atoms with Crippen LogP contribution in [0.1, 0.15) is 44.6 Å². The minimum atomic E-state index is 0.927. The lowest BCUT2D eigenvalue weighted by Crippen LogP contribution is -1.92. The molecule has 1 saturated carbocycles. The van der Waals surface area contributed by atoms with Crippen molar-refractivity contribution in [3.05, 3.63) is 47.2 Å². The van der Waals surface area contributed by atoms with Crippen molar-refractivity contribution in [3.8, 4) is 0 Å². The SMILES string of the molecule is CC(=C=Cc1ccccc1)CC1CCCC1. The predicted octanol–water partition coefficient (Wildman–Crippen LogP) is 4.83. The van der Waals surface area contributed by atoms with Crippen molar-refractivity contribution in [3.63, 3.8) is 0 Å². The molecule has 0 amide bonds. The van der Waals surface area contributed by atoms with Gasteiger partial charge in [-0.3, -0.25) is 0 Å². The van der Waals surface area contributed by atoms with Gasteiger partial charge >= 0.3 is 0 Å². The van der Waals surface area contributed by atoms with E-state index in [0.29, 0.717) is 0 Å². The number of hydrogen-bond donors (Lipinski definition) is 0. The van der Waals surface area contributed by atoms with E-state index in [2.05, 4.69) is 43.0 Å². The van der Waals surface area contributed by atoms with Gasteiger partial charge in [0.25, 0.3) is 0 Å². The van der Waals surface area contributed by atoms with Gasteiger partial charge in [-0.25, -0.2) is 0 Å². The van der Waals surface area contributed by atoms with E-state index >= 15 is 0 Å². The molecule has 1 aromatic carbocycles. The Morgan fingerprint density at radius 2 is 1.94 bits per heavy atom. The maximum absolute atomic E-state index is 3.42. The van der Waals surface area contributed by atoms with Crippen LogP contribution in [0.3, 0.4) is 0 Å². The molecule has 0 bridgehead atoms. The molecular formula is C16H20. The molecule has 0 aliphatic heterocycles. The summed E-state index contributed by atoms with van der Waals surface area (Å²) in [5.41, 5.74) is 6.06. The van der Waals surface area contributed by atoms with Crippen LogP contribution in [0.15, 0.2) is 41.6 Å². The summed E-state index contributed by atoms with van der Waals surface area (Å²) < 4.78 is 0. The van der Waals surface area contributed by atoms with E-state index in [1.165, 1.54) is 43.2 Å². The van der Waals surface area contributed by atoms with Crippen molar-refractivity contribution < 1.29 is 0 Å². The summed E-state index contributed by atoms with van der Waals surface area (Å²) in [5, 5.41) is 0. The Morgan fingerprint density at radius 3 is 2.62 bits per heavy atom. The number of hydrogen-bond acceptors (Lipinski definition) is 0. The fraction of sp³-hybridized carbons (Fsp3) is 0.438. The largest absolute Gasteiger partial charge is 0.121 e. The first kappa shape index (κ1) is 11.2. The Bertz CT molecular complexity index is 374. The Balaban J connectivity index is 1.97. The molecule has 1 aliphatic carbocycles. The van der Waals surface area contributed by atoms with Crippen molar-refractivity contribution in [2.75, 3.05) is 0 Å². The minimum absolute atomic E-state index is 0.927. The predicted molar refractivity (Wildman–Crippen MR) is 70.2 cm³/mol. The van der Waals surface area contributed by atoms with E-state index in [4.69, 9.17) is 0 Å². The van der Waals surface area contributed by atoms with Gasteiger partial charge in [-0.05, 0) is 36.5 Å². The minimum Gasteiger partial charge on any atom is -0.121 e. The molecule has 0 saturated heterocycles. The fourth-order valence-corrected chi connectivity index (χ4v) is 2.46. The summed E-state index contributed by atoms with van der Waals surface area (Å²) in [4.78, 5) is 0. The summed E-state index contributed by atoms with van der Waals surface area (Å²) in [6, 6.07) is 10.4. The molecule has 0 spiro atoms. The van der Waals surface area contributed by atoms with Gasteiger partial charge in [-0.1, -0.05) is 56.0 Å². The monoisotopic (exact) mass is 212 g/mol. The van der Waals surface area contributed by atoms with Gasteiger partial charge in [0.15, 0.2) is 0 Å². The first-order valence-electron chi connectivity index (χ1n) is 6.32. The smallest absolute Gasteiger partial charge is 0.0128 e. The normalized spacial score (nSPS) is 15.8. The van der Waals surface area contributed by atoms with E-state index < -0.39 is 0 Å². The Labute approximate surface area is 98.7 Å². The first-order valence-corrected chi connectivity index (χ1v) is 6.32. The van der Waals surface area contributed by atoms with Crippen LogP contribution in [-0.2, 0) is 0 Å². The lowest BCUT2D eigenvalue weighted by molar-refractivity contribution is 0.544. The van der Waals surface area contributed by atoms with Gasteiger partial charge in [0.05, 0.1) is 0 Å². The summed E-state index contributed by atoms with van der Waals surface area (Å²) in [5.74, 6) is 0.927. The Morgan fingerprint density at radius 1 is 1.25 bits per heavy atom. The summed E-state index contributed by atoms with van der Waals surface area (Å²) in [6.07, 6.45) is 9.04. The standard InChI is InChI=1S/C16H20/c1-14(13-16-9-5-6-10-16)11-12-15-7-3-2-4-8-15/h2-4,7-8,12,16H,5-6,9-10,13H2,1H3. The molecule has 0 heterocycles. The van der Waals surface area contributed by atoms with E-state index in [9.17, 15) is 0 Å². The number of rotatable bonds is 3. The third kappa shape index (κ3) is 3.40. The summed E-state index contributed by atoms with van der Waals surface area (Å²) in [6.45, 7) is 2.21. The van der Waals surface area contributed by atoms with Crippen LogP contribution in [0.2, 0.25) is 0 Å². The average molecular weight is 212 g/mol. The third-order valence-electron chi connectivity index (χ3n) is 3.35. The van der Waals surface area contributed by atoms with Gasteiger partial charge in [0, 0.05) is 0 Å². The lowest BCUT2D eigenvalue weighted by atomic mass is 9.99. The molecular weight excluding hydrogens is 192 g/mol. The molecule has 1 aromatic rings. The number of allylic oxidation sites excluding steroid dienone is 1. The maximum Gasteiger partial charge on any atom is -0.0128 e. The van der Waals surface area contributed by atoms with Crippen LogP contribution in [0.25, 0.3) is 6.08 Å². The molecule has 84 valence electrons. The van der Waals surface area contributed by atoms with Gasteiger partial charge in [0.1, 0.15) is 0 Å². The zero-order valence-corrected chi connectivity index (χ0v) is 10.1. The topological polar surface area (TPSA) is 0 Å². The average Bonchev–Trinajstić information content (AvgIpc) is 2.81. The van der Waals surface area contributed by atoms with E-state index in [1.54, 1.807) is 0 Å². The quantitative estimate of drug-likeness (QED) is 0.630. The zero-order valence-electron chi connectivity index (χ0n) is 10.1. The van der Waals surface area contributed by atoms with Crippen molar-refractivity contribution in [1.82, 2.24) is 0 Å². The van der Waals surface area contributed by atoms with Crippen LogP contribution in [-0.4, -0.2) is 0 Å². The molecule has 0 aromatic heterocycles.